The third kappa shape index (κ3) is 4.65. The van der Waals surface area contributed by atoms with Gasteiger partial charge < -0.3 is 0 Å². The van der Waals surface area contributed by atoms with E-state index in [-0.39, 0.29) is 5.69 Å². The maximum atomic E-state index is 11.6. The molecule has 0 atom stereocenters. The molecule has 7 nitrogen and oxygen atoms in total. The van der Waals surface area contributed by atoms with Crippen molar-refractivity contribution < 1.29 is 13.0 Å². The number of anilines is 2. The highest BCUT2D eigenvalue weighted by Crippen LogP contribution is 2.23. The van der Waals surface area contributed by atoms with E-state index in [9.17, 15) is 13.0 Å². The first kappa shape index (κ1) is 17.6. The monoisotopic (exact) mass is 368 g/mol. The van der Waals surface area contributed by atoms with Gasteiger partial charge in [-0.2, -0.15) is 23.1 Å². The Labute approximate surface area is 151 Å². The van der Waals surface area contributed by atoms with Crippen molar-refractivity contribution in [2.75, 3.05) is 9.84 Å². The minimum absolute atomic E-state index is 0.280. The van der Waals surface area contributed by atoms with Crippen LogP contribution in [0.1, 0.15) is 0 Å². The number of hydrogen-bond donors (Lipinski definition) is 2. The first-order chi connectivity index (χ1) is 12.5. The van der Waals surface area contributed by atoms with Crippen LogP contribution in [0.2, 0.25) is 0 Å². The number of nitrogens with zero attached hydrogens (tertiary/aromatic N) is 3. The largest absolute Gasteiger partial charge is 0.377 e. The van der Waals surface area contributed by atoms with Gasteiger partial charge in [0.25, 0.3) is 0 Å². The predicted molar refractivity (Wildman–Crippen MR) is 101 cm³/mol. The summed E-state index contributed by atoms with van der Waals surface area (Å²) in [6, 6.07) is 24.2. The minimum atomic E-state index is -4.49. The van der Waals surface area contributed by atoms with E-state index in [4.69, 9.17) is 0 Å². The van der Waals surface area contributed by atoms with Crippen molar-refractivity contribution in [2.45, 2.75) is 0 Å². The zero-order chi connectivity index (χ0) is 18.4. The van der Waals surface area contributed by atoms with Gasteiger partial charge in [-0.1, -0.05) is 36.4 Å². The second-order valence-corrected chi connectivity index (χ2v) is 6.53. The highest BCUT2D eigenvalue weighted by atomic mass is 32.2. The molecule has 0 bridgehead atoms. The summed E-state index contributed by atoms with van der Waals surface area (Å²) in [7, 11) is -4.49. The number of hydrogen-bond acceptors (Lipinski definition) is 5. The molecule has 0 saturated heterocycles. The normalized spacial score (nSPS) is 11.4. The third-order valence-corrected chi connectivity index (χ3v) is 4.12. The van der Waals surface area contributed by atoms with E-state index in [1.807, 2.05) is 30.3 Å². The molecule has 0 unspecified atom stereocenters. The van der Waals surface area contributed by atoms with Crippen LogP contribution < -0.4 is 9.84 Å². The van der Waals surface area contributed by atoms with Crippen LogP contribution in [0.15, 0.2) is 95.2 Å². The molecule has 0 amide bonds. The van der Waals surface area contributed by atoms with Gasteiger partial charge in [-0.05, 0) is 48.5 Å². The summed E-state index contributed by atoms with van der Waals surface area (Å²) in [5.41, 5.74) is 4.74. The lowest BCUT2D eigenvalue weighted by molar-refractivity contribution is 0.481. The number of para-hydroxylation sites is 1. The Kier molecular flexibility index (Phi) is 5.26. The fourth-order valence-corrected chi connectivity index (χ4v) is 2.76. The molecule has 3 aromatic carbocycles. The minimum Gasteiger partial charge on any atom is -0.283 e. The molecular formula is C18H16N4O3S. The van der Waals surface area contributed by atoms with Crippen LogP contribution in [0.25, 0.3) is 0 Å². The smallest absolute Gasteiger partial charge is 0.283 e. The molecule has 0 saturated carbocycles. The van der Waals surface area contributed by atoms with E-state index < -0.39 is 10.3 Å². The average molecular weight is 368 g/mol. The fourth-order valence-electron chi connectivity index (χ4n) is 2.15. The van der Waals surface area contributed by atoms with E-state index in [1.165, 1.54) is 0 Å². The van der Waals surface area contributed by atoms with E-state index >= 15 is 0 Å². The highest BCUT2D eigenvalue weighted by molar-refractivity contribution is 7.87. The van der Waals surface area contributed by atoms with Crippen LogP contribution in [0.3, 0.4) is 0 Å². The Bertz CT molecular complexity index is 976. The molecule has 0 aromatic heterocycles. The van der Waals surface area contributed by atoms with Crippen LogP contribution in [-0.4, -0.2) is 13.0 Å². The van der Waals surface area contributed by atoms with Crippen molar-refractivity contribution in [3.63, 3.8) is 0 Å². The Balaban J connectivity index is 1.76. The molecule has 0 fully saturated rings. The summed E-state index contributed by atoms with van der Waals surface area (Å²) in [6.07, 6.45) is 0. The summed E-state index contributed by atoms with van der Waals surface area (Å²) in [5.74, 6) is 0. The number of rotatable bonds is 6. The predicted octanol–water partition coefficient (Wildman–Crippen LogP) is 4.74. The third-order valence-electron chi connectivity index (χ3n) is 3.36. The van der Waals surface area contributed by atoms with Crippen molar-refractivity contribution in [1.82, 2.24) is 0 Å². The molecule has 0 radical (unpaired) electrons. The maximum absolute atomic E-state index is 11.6. The molecule has 3 aromatic rings. The molecule has 8 heteroatoms. The van der Waals surface area contributed by atoms with Crippen LogP contribution >= 0.6 is 0 Å². The van der Waals surface area contributed by atoms with Crippen molar-refractivity contribution in [3.8, 4) is 0 Å². The molecule has 0 aliphatic heterocycles. The van der Waals surface area contributed by atoms with Gasteiger partial charge in [0.2, 0.25) is 0 Å². The van der Waals surface area contributed by atoms with E-state index in [0.717, 1.165) is 5.69 Å². The van der Waals surface area contributed by atoms with Crippen LogP contribution in [0, 0.1) is 0 Å². The molecule has 0 aliphatic carbocycles. The molecule has 0 spiro atoms. The summed E-state index contributed by atoms with van der Waals surface area (Å²) >= 11 is 0. The SMILES string of the molecule is O=S(=O)(O)N(Nc1ccc(N=Nc2ccccc2)cc1)c1ccccc1. The Hall–Kier alpha value is -3.23. The second kappa shape index (κ2) is 7.77. The van der Waals surface area contributed by atoms with Crippen molar-refractivity contribution in [3.05, 3.63) is 84.9 Å². The molecule has 3 rings (SSSR count). The highest BCUT2D eigenvalue weighted by Gasteiger charge is 2.19. The summed E-state index contributed by atoms with van der Waals surface area (Å²) in [6.45, 7) is 0. The average Bonchev–Trinajstić information content (AvgIpc) is 2.66. The molecule has 0 heterocycles. The molecular weight excluding hydrogens is 352 g/mol. The fraction of sp³-hybridized carbons (Fsp3) is 0. The van der Waals surface area contributed by atoms with Crippen molar-refractivity contribution in [1.29, 1.82) is 0 Å². The summed E-state index contributed by atoms with van der Waals surface area (Å²) < 4.78 is 33.4. The van der Waals surface area contributed by atoms with Gasteiger partial charge in [-0.25, -0.2) is 0 Å². The lowest BCUT2D eigenvalue weighted by Crippen LogP contribution is -2.35. The van der Waals surface area contributed by atoms with Gasteiger partial charge >= 0.3 is 10.3 Å². The van der Waals surface area contributed by atoms with Crippen LogP contribution in [0.5, 0.6) is 0 Å². The van der Waals surface area contributed by atoms with Gasteiger partial charge in [-0.3, -0.25) is 9.98 Å². The van der Waals surface area contributed by atoms with E-state index in [1.54, 1.807) is 54.6 Å². The van der Waals surface area contributed by atoms with Crippen LogP contribution in [0.4, 0.5) is 22.7 Å². The van der Waals surface area contributed by atoms with Gasteiger partial charge in [0.1, 0.15) is 0 Å². The zero-order valence-electron chi connectivity index (χ0n) is 13.6. The van der Waals surface area contributed by atoms with Gasteiger partial charge in [0.05, 0.1) is 22.7 Å². The quantitative estimate of drug-likeness (QED) is 0.373. The number of hydrazine groups is 1. The standard InChI is InChI=1S/C18H16N4O3S/c23-26(24,25)22(18-9-5-2-6-10-18)21-17-13-11-16(12-14-17)20-19-15-7-3-1-4-8-15/h1-14,21H,(H,23,24,25). The van der Waals surface area contributed by atoms with Crippen LogP contribution in [-0.2, 0) is 10.3 Å². The Morgan fingerprint density at radius 2 is 1.23 bits per heavy atom. The Morgan fingerprint density at radius 1 is 0.731 bits per heavy atom. The van der Waals surface area contributed by atoms with E-state index in [2.05, 4.69) is 15.7 Å². The number of benzene rings is 3. The van der Waals surface area contributed by atoms with Crippen molar-refractivity contribution >= 4 is 33.1 Å². The lowest BCUT2D eigenvalue weighted by atomic mass is 10.3. The second-order valence-electron chi connectivity index (χ2n) is 5.27. The topological polar surface area (TPSA) is 94.4 Å². The molecule has 26 heavy (non-hydrogen) atoms. The lowest BCUT2D eigenvalue weighted by Gasteiger charge is -2.22. The molecule has 132 valence electrons. The Morgan fingerprint density at radius 3 is 1.77 bits per heavy atom. The number of nitrogens with one attached hydrogen (secondary N) is 1. The molecule has 0 aliphatic rings. The van der Waals surface area contributed by atoms with E-state index in [0.29, 0.717) is 15.8 Å². The van der Waals surface area contributed by atoms with Gasteiger partial charge in [-0.15, -0.1) is 0 Å². The first-order valence-corrected chi connectivity index (χ1v) is 9.08. The first-order valence-electron chi connectivity index (χ1n) is 7.69. The maximum Gasteiger partial charge on any atom is 0.377 e. The zero-order valence-corrected chi connectivity index (χ0v) is 14.4. The van der Waals surface area contributed by atoms with Gasteiger partial charge in [0, 0.05) is 0 Å². The summed E-state index contributed by atoms with van der Waals surface area (Å²) in [4.78, 5) is 0. The molecule has 2 N–H and O–H groups in total. The number of azo groups is 1. The van der Waals surface area contributed by atoms with Crippen molar-refractivity contribution in [2.24, 2.45) is 10.2 Å². The summed E-state index contributed by atoms with van der Waals surface area (Å²) in [5, 5.41) is 8.23. The van der Waals surface area contributed by atoms with Gasteiger partial charge in [0.15, 0.2) is 0 Å².